The number of rotatable bonds is 3. The van der Waals surface area contributed by atoms with Gasteiger partial charge in [0.2, 0.25) is 0 Å². The van der Waals surface area contributed by atoms with Crippen LogP contribution in [0.25, 0.3) is 22.4 Å². The van der Waals surface area contributed by atoms with E-state index >= 15 is 0 Å². The molecule has 2 aromatic carbocycles. The molecule has 0 spiro atoms. The molecule has 0 fully saturated rings. The predicted octanol–water partition coefficient (Wildman–Crippen LogP) is 4.02. The molecule has 5 nitrogen and oxygen atoms in total. The second-order valence-electron chi connectivity index (χ2n) is 7.00. The number of hydrogen-bond acceptors (Lipinski definition) is 4. The summed E-state index contributed by atoms with van der Waals surface area (Å²) in [4.78, 5) is 4.89. The summed E-state index contributed by atoms with van der Waals surface area (Å²) in [6.45, 7) is 8.46. The van der Waals surface area contributed by atoms with Crippen LogP contribution in [0.15, 0.2) is 30.3 Å². The zero-order valence-corrected chi connectivity index (χ0v) is 14.9. The molecule has 5 heteroatoms. The molecular formula is C20H23N3O2. The van der Waals surface area contributed by atoms with Gasteiger partial charge in [0.25, 0.3) is 0 Å². The predicted molar refractivity (Wildman–Crippen MR) is 100 cm³/mol. The highest BCUT2D eigenvalue weighted by molar-refractivity contribution is 5.84. The number of nitrogen functional groups attached to an aromatic ring is 1. The van der Waals surface area contributed by atoms with E-state index in [9.17, 15) is 0 Å². The number of imidazole rings is 1. The third-order valence-corrected chi connectivity index (χ3v) is 4.50. The van der Waals surface area contributed by atoms with Gasteiger partial charge in [-0.05, 0) is 24.5 Å². The lowest BCUT2D eigenvalue weighted by molar-refractivity contribution is 0.172. The van der Waals surface area contributed by atoms with Gasteiger partial charge in [0.05, 0.1) is 11.0 Å². The van der Waals surface area contributed by atoms with Crippen LogP contribution in [0, 0.1) is 12.8 Å². The lowest BCUT2D eigenvalue weighted by Crippen LogP contribution is -2.15. The SMILES string of the molecule is Cc1ccc(-c2nc3cc4c(cc3n2CC(C)C)OCCO4)cc1N. The van der Waals surface area contributed by atoms with Crippen LogP contribution in [0.1, 0.15) is 19.4 Å². The van der Waals surface area contributed by atoms with Crippen molar-refractivity contribution >= 4 is 16.7 Å². The van der Waals surface area contributed by atoms with E-state index in [4.69, 9.17) is 20.2 Å². The number of hydrogen-bond donors (Lipinski definition) is 1. The molecule has 4 rings (SSSR count). The summed E-state index contributed by atoms with van der Waals surface area (Å²) in [6.07, 6.45) is 0. The molecule has 25 heavy (non-hydrogen) atoms. The number of aryl methyl sites for hydroxylation is 1. The molecule has 0 amide bonds. The van der Waals surface area contributed by atoms with Crippen LogP contribution in [0.2, 0.25) is 0 Å². The van der Waals surface area contributed by atoms with Crippen molar-refractivity contribution in [1.82, 2.24) is 9.55 Å². The minimum Gasteiger partial charge on any atom is -0.486 e. The Bertz CT molecular complexity index is 944. The van der Waals surface area contributed by atoms with Crippen LogP contribution in [-0.2, 0) is 6.54 Å². The second-order valence-corrected chi connectivity index (χ2v) is 7.00. The van der Waals surface area contributed by atoms with Crippen LogP contribution in [0.5, 0.6) is 11.5 Å². The van der Waals surface area contributed by atoms with Gasteiger partial charge in [-0.1, -0.05) is 26.0 Å². The Balaban J connectivity index is 1.94. The van der Waals surface area contributed by atoms with Gasteiger partial charge in [-0.2, -0.15) is 0 Å². The van der Waals surface area contributed by atoms with E-state index in [2.05, 4.69) is 24.5 Å². The quantitative estimate of drug-likeness (QED) is 0.733. The number of benzene rings is 2. The van der Waals surface area contributed by atoms with Gasteiger partial charge in [0.1, 0.15) is 19.0 Å². The van der Waals surface area contributed by atoms with Crippen molar-refractivity contribution in [3.8, 4) is 22.9 Å². The molecule has 0 aliphatic carbocycles. The minimum absolute atomic E-state index is 0.493. The van der Waals surface area contributed by atoms with E-state index in [0.29, 0.717) is 19.1 Å². The molecule has 0 atom stereocenters. The average Bonchev–Trinajstić information content (AvgIpc) is 2.92. The van der Waals surface area contributed by atoms with E-state index in [1.165, 1.54) is 0 Å². The summed E-state index contributed by atoms with van der Waals surface area (Å²) < 4.78 is 13.7. The Labute approximate surface area is 147 Å². The van der Waals surface area contributed by atoms with Gasteiger partial charge in [0, 0.05) is 29.9 Å². The average molecular weight is 337 g/mol. The van der Waals surface area contributed by atoms with Crippen molar-refractivity contribution in [3.05, 3.63) is 35.9 Å². The largest absolute Gasteiger partial charge is 0.486 e. The number of ether oxygens (including phenoxy) is 2. The zero-order chi connectivity index (χ0) is 17.6. The molecule has 2 N–H and O–H groups in total. The number of nitrogens with zero attached hydrogens (tertiary/aromatic N) is 2. The van der Waals surface area contributed by atoms with Crippen LogP contribution < -0.4 is 15.2 Å². The van der Waals surface area contributed by atoms with Gasteiger partial charge in [-0.15, -0.1) is 0 Å². The van der Waals surface area contributed by atoms with E-state index in [1.807, 2.05) is 31.2 Å². The fourth-order valence-electron chi connectivity index (χ4n) is 3.21. The van der Waals surface area contributed by atoms with Crippen LogP contribution in [0.3, 0.4) is 0 Å². The first-order valence-corrected chi connectivity index (χ1v) is 8.69. The maximum Gasteiger partial charge on any atom is 0.163 e. The van der Waals surface area contributed by atoms with Crippen LogP contribution in [0.4, 0.5) is 5.69 Å². The third kappa shape index (κ3) is 2.80. The molecule has 1 aromatic heterocycles. The molecule has 3 aromatic rings. The first kappa shape index (κ1) is 15.8. The van der Waals surface area contributed by atoms with Crippen LogP contribution >= 0.6 is 0 Å². The Morgan fingerprint density at radius 1 is 1.12 bits per heavy atom. The Hall–Kier alpha value is -2.69. The Morgan fingerprint density at radius 2 is 1.84 bits per heavy atom. The number of aromatic nitrogens is 2. The molecule has 0 saturated carbocycles. The third-order valence-electron chi connectivity index (χ3n) is 4.50. The van der Waals surface area contributed by atoms with E-state index < -0.39 is 0 Å². The molecule has 1 aliphatic heterocycles. The molecule has 0 radical (unpaired) electrons. The number of anilines is 1. The van der Waals surface area contributed by atoms with Crippen molar-refractivity contribution < 1.29 is 9.47 Å². The van der Waals surface area contributed by atoms with E-state index in [1.54, 1.807) is 0 Å². The lowest BCUT2D eigenvalue weighted by Gasteiger charge is -2.18. The van der Waals surface area contributed by atoms with Gasteiger partial charge >= 0.3 is 0 Å². The van der Waals surface area contributed by atoms with E-state index in [-0.39, 0.29) is 0 Å². The monoisotopic (exact) mass is 337 g/mol. The Kier molecular flexibility index (Phi) is 3.79. The van der Waals surface area contributed by atoms with Crippen molar-refractivity contribution in [1.29, 1.82) is 0 Å². The highest BCUT2D eigenvalue weighted by Gasteiger charge is 2.19. The van der Waals surface area contributed by atoms with Crippen molar-refractivity contribution in [2.24, 2.45) is 5.92 Å². The zero-order valence-electron chi connectivity index (χ0n) is 14.9. The maximum absolute atomic E-state index is 6.13. The molecular weight excluding hydrogens is 314 g/mol. The standard InChI is InChI=1S/C20H23N3O2/c1-12(2)11-23-17-10-19-18(24-6-7-25-19)9-16(17)22-20(23)14-5-4-13(3)15(21)8-14/h4-5,8-10,12H,6-7,11,21H2,1-3H3. The molecule has 1 aliphatic rings. The molecule has 2 heterocycles. The molecule has 0 bridgehead atoms. The molecule has 130 valence electrons. The highest BCUT2D eigenvalue weighted by Crippen LogP contribution is 2.37. The lowest BCUT2D eigenvalue weighted by atomic mass is 10.1. The summed E-state index contributed by atoms with van der Waals surface area (Å²) in [7, 11) is 0. The first-order valence-electron chi connectivity index (χ1n) is 8.69. The van der Waals surface area contributed by atoms with Crippen molar-refractivity contribution in [2.45, 2.75) is 27.3 Å². The van der Waals surface area contributed by atoms with Crippen LogP contribution in [-0.4, -0.2) is 22.8 Å². The number of nitrogens with two attached hydrogens (primary N) is 1. The van der Waals surface area contributed by atoms with Gasteiger partial charge < -0.3 is 19.8 Å². The smallest absolute Gasteiger partial charge is 0.163 e. The number of fused-ring (bicyclic) bond motifs is 2. The summed E-state index contributed by atoms with van der Waals surface area (Å²) in [5.74, 6) is 2.98. The molecule has 0 saturated heterocycles. The summed E-state index contributed by atoms with van der Waals surface area (Å²) in [5, 5.41) is 0. The van der Waals surface area contributed by atoms with Crippen molar-refractivity contribution in [2.75, 3.05) is 18.9 Å². The summed E-state index contributed by atoms with van der Waals surface area (Å²) in [6, 6.07) is 10.1. The second kappa shape index (κ2) is 5.99. The summed E-state index contributed by atoms with van der Waals surface area (Å²) >= 11 is 0. The van der Waals surface area contributed by atoms with Gasteiger partial charge in [0.15, 0.2) is 11.5 Å². The molecule has 0 unspecified atom stereocenters. The Morgan fingerprint density at radius 3 is 2.52 bits per heavy atom. The highest BCUT2D eigenvalue weighted by atomic mass is 16.6. The van der Waals surface area contributed by atoms with Gasteiger partial charge in [-0.25, -0.2) is 4.98 Å². The van der Waals surface area contributed by atoms with E-state index in [0.717, 1.165) is 51.7 Å². The topological polar surface area (TPSA) is 62.3 Å². The minimum atomic E-state index is 0.493. The fraction of sp³-hybridized carbons (Fsp3) is 0.350. The fourth-order valence-corrected chi connectivity index (χ4v) is 3.21. The van der Waals surface area contributed by atoms with Crippen molar-refractivity contribution in [3.63, 3.8) is 0 Å². The summed E-state index contributed by atoms with van der Waals surface area (Å²) in [5.41, 5.74) is 11.0. The van der Waals surface area contributed by atoms with Gasteiger partial charge in [-0.3, -0.25) is 0 Å². The normalized spacial score (nSPS) is 13.6. The first-order chi connectivity index (χ1) is 12.0. The maximum atomic E-state index is 6.13.